The Morgan fingerprint density at radius 1 is 1.19 bits per heavy atom. The number of tetrazole rings is 1. The standard InChI is InChI=1S/C19H21N5OS/c1-13-6-5-7-15(12-13)24-21-18(20-22-24)16-8-3-4-11-23(16)19(25)17-10-9-14(2)26-17/h5-7,9-10,12,16H,3-4,8,11H2,1-2H3. The number of carbonyl (C=O) groups is 1. The quantitative estimate of drug-likeness (QED) is 0.708. The number of piperidine rings is 1. The van der Waals surface area contributed by atoms with E-state index in [4.69, 9.17) is 0 Å². The van der Waals surface area contributed by atoms with Gasteiger partial charge < -0.3 is 4.90 Å². The second kappa shape index (κ2) is 6.99. The zero-order chi connectivity index (χ0) is 18.1. The molecular formula is C19H21N5OS. The van der Waals surface area contributed by atoms with Crippen molar-refractivity contribution < 1.29 is 4.79 Å². The van der Waals surface area contributed by atoms with Crippen molar-refractivity contribution in [1.29, 1.82) is 0 Å². The number of likely N-dealkylation sites (tertiary alicyclic amines) is 1. The van der Waals surface area contributed by atoms with Crippen LogP contribution < -0.4 is 0 Å². The van der Waals surface area contributed by atoms with Gasteiger partial charge in [-0.25, -0.2) is 0 Å². The van der Waals surface area contributed by atoms with Crippen LogP contribution in [0.25, 0.3) is 5.69 Å². The molecule has 0 aliphatic carbocycles. The lowest BCUT2D eigenvalue weighted by Crippen LogP contribution is -2.38. The number of hydrogen-bond donors (Lipinski definition) is 0. The molecule has 1 aliphatic rings. The fourth-order valence-electron chi connectivity index (χ4n) is 3.35. The van der Waals surface area contributed by atoms with E-state index in [1.165, 1.54) is 11.3 Å². The van der Waals surface area contributed by atoms with E-state index in [0.717, 1.165) is 46.8 Å². The molecule has 0 radical (unpaired) electrons. The number of hydrogen-bond acceptors (Lipinski definition) is 5. The number of aryl methyl sites for hydroxylation is 2. The molecule has 3 heterocycles. The second-order valence-corrected chi connectivity index (χ2v) is 7.98. The van der Waals surface area contributed by atoms with Crippen LogP contribution in [0.15, 0.2) is 36.4 Å². The number of carbonyl (C=O) groups excluding carboxylic acids is 1. The molecule has 1 aromatic carbocycles. The van der Waals surface area contributed by atoms with Crippen molar-refractivity contribution in [3.05, 3.63) is 57.5 Å². The Morgan fingerprint density at radius 3 is 2.85 bits per heavy atom. The number of rotatable bonds is 3. The SMILES string of the molecule is Cc1cccc(-n2nnc(C3CCCCN3C(=O)c3ccc(C)s3)n2)c1. The third-order valence-electron chi connectivity index (χ3n) is 4.67. The van der Waals surface area contributed by atoms with E-state index in [1.807, 2.05) is 55.1 Å². The molecule has 1 aliphatic heterocycles. The van der Waals surface area contributed by atoms with Crippen molar-refractivity contribution in [3.8, 4) is 5.69 Å². The molecule has 1 amide bonds. The van der Waals surface area contributed by atoms with Crippen LogP contribution in [-0.2, 0) is 0 Å². The van der Waals surface area contributed by atoms with Crippen LogP contribution in [0.4, 0.5) is 0 Å². The molecule has 0 N–H and O–H groups in total. The van der Waals surface area contributed by atoms with Gasteiger partial charge in [-0.2, -0.15) is 0 Å². The molecule has 0 bridgehead atoms. The largest absolute Gasteiger partial charge is 0.328 e. The van der Waals surface area contributed by atoms with Crippen molar-refractivity contribution in [1.82, 2.24) is 25.1 Å². The number of thiophene rings is 1. The summed E-state index contributed by atoms with van der Waals surface area (Å²) in [6.07, 6.45) is 2.95. The predicted octanol–water partition coefficient (Wildman–Crippen LogP) is 3.71. The highest BCUT2D eigenvalue weighted by Gasteiger charge is 2.32. The fraction of sp³-hybridized carbons (Fsp3) is 0.368. The van der Waals surface area contributed by atoms with Crippen LogP contribution in [0.5, 0.6) is 0 Å². The molecule has 1 saturated heterocycles. The molecule has 0 saturated carbocycles. The van der Waals surface area contributed by atoms with Gasteiger partial charge in [0.05, 0.1) is 16.6 Å². The van der Waals surface area contributed by atoms with Gasteiger partial charge in [-0.3, -0.25) is 4.79 Å². The first-order chi connectivity index (χ1) is 12.6. The highest BCUT2D eigenvalue weighted by Crippen LogP contribution is 2.31. The summed E-state index contributed by atoms with van der Waals surface area (Å²) in [7, 11) is 0. The summed E-state index contributed by atoms with van der Waals surface area (Å²) in [5.41, 5.74) is 2.02. The minimum absolute atomic E-state index is 0.0692. The lowest BCUT2D eigenvalue weighted by Gasteiger charge is -2.33. The molecule has 1 fully saturated rings. The Kier molecular flexibility index (Phi) is 4.55. The third-order valence-corrected chi connectivity index (χ3v) is 5.66. The van der Waals surface area contributed by atoms with E-state index >= 15 is 0 Å². The number of amides is 1. The first kappa shape index (κ1) is 16.9. The van der Waals surface area contributed by atoms with Crippen LogP contribution in [-0.4, -0.2) is 37.6 Å². The number of nitrogens with zero attached hydrogens (tertiary/aromatic N) is 5. The van der Waals surface area contributed by atoms with Gasteiger partial charge >= 0.3 is 0 Å². The van der Waals surface area contributed by atoms with E-state index in [1.54, 1.807) is 4.80 Å². The van der Waals surface area contributed by atoms with Crippen LogP contribution in [0.3, 0.4) is 0 Å². The van der Waals surface area contributed by atoms with E-state index < -0.39 is 0 Å². The Morgan fingerprint density at radius 2 is 2.08 bits per heavy atom. The molecule has 0 spiro atoms. The summed E-state index contributed by atoms with van der Waals surface area (Å²) in [6, 6.07) is 11.8. The molecule has 2 aromatic heterocycles. The molecular weight excluding hydrogens is 346 g/mol. The van der Waals surface area contributed by atoms with E-state index in [0.29, 0.717) is 5.82 Å². The lowest BCUT2D eigenvalue weighted by molar-refractivity contribution is 0.0605. The van der Waals surface area contributed by atoms with Gasteiger partial charge in [0.2, 0.25) is 0 Å². The van der Waals surface area contributed by atoms with Gasteiger partial charge in [0.15, 0.2) is 5.82 Å². The summed E-state index contributed by atoms with van der Waals surface area (Å²) in [5, 5.41) is 13.1. The summed E-state index contributed by atoms with van der Waals surface area (Å²) >= 11 is 1.54. The van der Waals surface area contributed by atoms with Crippen LogP contribution in [0.2, 0.25) is 0 Å². The number of benzene rings is 1. The lowest BCUT2D eigenvalue weighted by atomic mass is 10.0. The van der Waals surface area contributed by atoms with E-state index in [-0.39, 0.29) is 11.9 Å². The summed E-state index contributed by atoms with van der Waals surface area (Å²) < 4.78 is 0. The van der Waals surface area contributed by atoms with Crippen LogP contribution in [0, 0.1) is 13.8 Å². The average molecular weight is 367 g/mol. The summed E-state index contributed by atoms with van der Waals surface area (Å²) in [5.74, 6) is 0.688. The molecule has 3 aromatic rings. The highest BCUT2D eigenvalue weighted by molar-refractivity contribution is 7.13. The average Bonchev–Trinajstić information content (AvgIpc) is 3.30. The van der Waals surface area contributed by atoms with Gasteiger partial charge in [0.1, 0.15) is 0 Å². The maximum absolute atomic E-state index is 13.0. The maximum Gasteiger partial charge on any atom is 0.264 e. The third kappa shape index (κ3) is 3.26. The van der Waals surface area contributed by atoms with E-state index in [2.05, 4.69) is 15.4 Å². The van der Waals surface area contributed by atoms with Gasteiger partial charge in [0.25, 0.3) is 5.91 Å². The monoisotopic (exact) mass is 367 g/mol. The topological polar surface area (TPSA) is 63.9 Å². The zero-order valence-corrected chi connectivity index (χ0v) is 15.7. The minimum Gasteiger partial charge on any atom is -0.328 e. The van der Waals surface area contributed by atoms with Crippen LogP contribution in [0.1, 0.15) is 51.2 Å². The number of aromatic nitrogens is 4. The first-order valence-corrected chi connectivity index (χ1v) is 9.68. The Labute approximate surface area is 156 Å². The molecule has 134 valence electrons. The predicted molar refractivity (Wildman–Crippen MR) is 101 cm³/mol. The smallest absolute Gasteiger partial charge is 0.264 e. The van der Waals surface area contributed by atoms with Gasteiger partial charge in [-0.1, -0.05) is 12.1 Å². The fourth-order valence-corrected chi connectivity index (χ4v) is 4.18. The molecule has 6 nitrogen and oxygen atoms in total. The van der Waals surface area contributed by atoms with Gasteiger partial charge in [-0.15, -0.1) is 26.3 Å². The molecule has 26 heavy (non-hydrogen) atoms. The second-order valence-electron chi connectivity index (χ2n) is 6.70. The molecule has 7 heteroatoms. The zero-order valence-electron chi connectivity index (χ0n) is 14.9. The summed E-state index contributed by atoms with van der Waals surface area (Å²) in [6.45, 7) is 4.79. The normalized spacial score (nSPS) is 17.5. The van der Waals surface area contributed by atoms with Crippen molar-refractivity contribution in [2.24, 2.45) is 0 Å². The van der Waals surface area contributed by atoms with Crippen molar-refractivity contribution in [3.63, 3.8) is 0 Å². The maximum atomic E-state index is 13.0. The highest BCUT2D eigenvalue weighted by atomic mass is 32.1. The van der Waals surface area contributed by atoms with E-state index in [9.17, 15) is 4.79 Å². The first-order valence-electron chi connectivity index (χ1n) is 8.86. The Hall–Kier alpha value is -2.54. The Balaban J connectivity index is 1.62. The molecule has 4 rings (SSSR count). The van der Waals surface area contributed by atoms with Crippen LogP contribution >= 0.6 is 11.3 Å². The van der Waals surface area contributed by atoms with Gasteiger partial charge in [-0.05, 0) is 68.2 Å². The minimum atomic E-state index is -0.114. The molecule has 1 atom stereocenters. The van der Waals surface area contributed by atoms with Crippen molar-refractivity contribution in [2.75, 3.05) is 6.54 Å². The van der Waals surface area contributed by atoms with Crippen molar-refractivity contribution >= 4 is 17.2 Å². The Bertz CT molecular complexity index is 931. The van der Waals surface area contributed by atoms with Crippen molar-refractivity contribution in [2.45, 2.75) is 39.2 Å². The molecule has 1 unspecified atom stereocenters. The van der Waals surface area contributed by atoms with Gasteiger partial charge in [0, 0.05) is 11.4 Å². The summed E-state index contributed by atoms with van der Waals surface area (Å²) in [4.78, 5) is 18.4.